The molecule has 0 aliphatic carbocycles. The van der Waals surface area contributed by atoms with Gasteiger partial charge in [0.05, 0.1) is 6.61 Å². The normalized spacial score (nSPS) is 13.9. The molecule has 8 heavy (non-hydrogen) atoms. The van der Waals surface area contributed by atoms with Crippen molar-refractivity contribution in [2.45, 2.75) is 6.04 Å². The second-order valence-corrected chi connectivity index (χ2v) is 1.81. The molecule has 0 rings (SSSR count). The van der Waals surface area contributed by atoms with Gasteiger partial charge in [-0.15, -0.1) is 0 Å². The van der Waals surface area contributed by atoms with Crippen molar-refractivity contribution >= 4 is 12.6 Å². The Kier molecular flexibility index (Phi) is 5.52. The molecule has 0 fully saturated rings. The predicted molar refractivity (Wildman–Crippen MR) is 34.9 cm³/mol. The maximum Gasteiger partial charge on any atom is 0.143 e. The van der Waals surface area contributed by atoms with E-state index < -0.39 is 0 Å². The molecule has 0 aromatic carbocycles. The zero-order chi connectivity index (χ0) is 6.41. The van der Waals surface area contributed by atoms with Gasteiger partial charge in [-0.1, -0.05) is 0 Å². The van der Waals surface area contributed by atoms with Gasteiger partial charge in [0.1, 0.15) is 6.79 Å². The smallest absolute Gasteiger partial charge is 0.143 e. The van der Waals surface area contributed by atoms with Crippen molar-refractivity contribution in [1.82, 2.24) is 0 Å². The van der Waals surface area contributed by atoms with Crippen molar-refractivity contribution in [3.63, 3.8) is 0 Å². The van der Waals surface area contributed by atoms with Crippen molar-refractivity contribution in [3.05, 3.63) is 0 Å². The maximum absolute atomic E-state index is 8.11. The molecule has 0 heterocycles. The molecule has 3 N–H and O–H groups in total. The van der Waals surface area contributed by atoms with Crippen molar-refractivity contribution < 1.29 is 9.84 Å². The largest absolute Gasteiger partial charge is 0.371 e. The lowest BCUT2D eigenvalue weighted by Crippen LogP contribution is -2.27. The highest BCUT2D eigenvalue weighted by Gasteiger charge is 1.96. The van der Waals surface area contributed by atoms with Gasteiger partial charge in [0.2, 0.25) is 0 Å². The lowest BCUT2D eigenvalue weighted by Gasteiger charge is -2.05. The molecule has 0 aromatic heterocycles. The third kappa shape index (κ3) is 4.39. The Morgan fingerprint density at radius 1 is 1.75 bits per heavy atom. The summed E-state index contributed by atoms with van der Waals surface area (Å²) in [5.74, 6) is 0.583. The molecule has 1 unspecified atom stereocenters. The molecule has 0 aliphatic heterocycles. The first-order valence-electron chi connectivity index (χ1n) is 2.36. The van der Waals surface area contributed by atoms with E-state index in [2.05, 4.69) is 17.4 Å². The average Bonchev–Trinajstić information content (AvgIpc) is 1.83. The van der Waals surface area contributed by atoms with Gasteiger partial charge in [-0.3, -0.25) is 0 Å². The Balaban J connectivity index is 2.86. The molecule has 0 saturated carbocycles. The second kappa shape index (κ2) is 5.37. The van der Waals surface area contributed by atoms with Gasteiger partial charge in [-0.05, 0) is 0 Å². The van der Waals surface area contributed by atoms with Crippen LogP contribution in [0.1, 0.15) is 0 Å². The number of rotatable bonds is 4. The molecule has 0 spiro atoms. The summed E-state index contributed by atoms with van der Waals surface area (Å²) in [6.45, 7) is 0.113. The molecular formula is C4H11NO2S. The monoisotopic (exact) mass is 137 g/mol. The van der Waals surface area contributed by atoms with Crippen LogP contribution in [0.25, 0.3) is 0 Å². The van der Waals surface area contributed by atoms with Crippen molar-refractivity contribution in [2.75, 3.05) is 19.2 Å². The minimum absolute atomic E-state index is 0.0644. The first-order chi connectivity index (χ1) is 3.81. The van der Waals surface area contributed by atoms with E-state index in [1.807, 2.05) is 0 Å². The highest BCUT2D eigenvalue weighted by atomic mass is 32.1. The van der Waals surface area contributed by atoms with Crippen molar-refractivity contribution in [3.8, 4) is 0 Å². The lowest BCUT2D eigenvalue weighted by atomic mass is 10.4. The zero-order valence-corrected chi connectivity index (χ0v) is 5.47. The number of hydrogen-bond donors (Lipinski definition) is 3. The molecule has 0 saturated heterocycles. The van der Waals surface area contributed by atoms with Gasteiger partial charge in [0, 0.05) is 11.8 Å². The van der Waals surface area contributed by atoms with E-state index in [9.17, 15) is 0 Å². The number of aliphatic hydroxyl groups is 1. The SMILES string of the molecule is NC(CS)COCO. The van der Waals surface area contributed by atoms with Crippen LogP contribution in [0, 0.1) is 0 Å². The van der Waals surface area contributed by atoms with E-state index >= 15 is 0 Å². The lowest BCUT2D eigenvalue weighted by molar-refractivity contribution is -0.00506. The van der Waals surface area contributed by atoms with Crippen LogP contribution in [0.2, 0.25) is 0 Å². The molecule has 50 valence electrons. The fraction of sp³-hybridized carbons (Fsp3) is 1.00. The summed E-state index contributed by atoms with van der Waals surface area (Å²) >= 11 is 3.90. The van der Waals surface area contributed by atoms with E-state index in [0.29, 0.717) is 12.4 Å². The summed E-state index contributed by atoms with van der Waals surface area (Å²) in [4.78, 5) is 0. The summed E-state index contributed by atoms with van der Waals surface area (Å²) in [5, 5.41) is 8.11. The van der Waals surface area contributed by atoms with Crippen LogP contribution in [-0.2, 0) is 4.74 Å². The number of nitrogens with two attached hydrogens (primary N) is 1. The van der Waals surface area contributed by atoms with E-state index in [4.69, 9.17) is 10.8 Å². The van der Waals surface area contributed by atoms with Crippen molar-refractivity contribution in [1.29, 1.82) is 0 Å². The maximum atomic E-state index is 8.11. The second-order valence-electron chi connectivity index (χ2n) is 1.44. The standard InChI is InChI=1S/C4H11NO2S/c5-4(2-8)1-7-3-6/h4,6,8H,1-3,5H2. The summed E-state index contributed by atoms with van der Waals surface area (Å²) in [6, 6.07) is -0.0644. The Morgan fingerprint density at radius 2 is 2.38 bits per heavy atom. The van der Waals surface area contributed by atoms with E-state index in [1.54, 1.807) is 0 Å². The van der Waals surface area contributed by atoms with Crippen molar-refractivity contribution in [2.24, 2.45) is 5.73 Å². The van der Waals surface area contributed by atoms with Gasteiger partial charge in [0.15, 0.2) is 0 Å². The van der Waals surface area contributed by atoms with Crippen LogP contribution >= 0.6 is 12.6 Å². The predicted octanol–water partition coefficient (Wildman–Crippen LogP) is -0.790. The molecule has 4 heteroatoms. The quantitative estimate of drug-likeness (QED) is 0.351. The molecule has 3 nitrogen and oxygen atoms in total. The molecule has 0 aromatic rings. The summed E-state index contributed by atoms with van der Waals surface area (Å²) in [5.41, 5.74) is 5.35. The average molecular weight is 137 g/mol. The molecule has 0 bridgehead atoms. The third-order valence-corrected chi connectivity index (χ3v) is 1.13. The van der Waals surface area contributed by atoms with Gasteiger partial charge in [0.25, 0.3) is 0 Å². The van der Waals surface area contributed by atoms with Gasteiger partial charge >= 0.3 is 0 Å². The summed E-state index contributed by atoms with van der Waals surface area (Å²) < 4.78 is 4.57. The Labute approximate surface area is 54.2 Å². The zero-order valence-electron chi connectivity index (χ0n) is 4.58. The van der Waals surface area contributed by atoms with E-state index in [0.717, 1.165) is 0 Å². The highest BCUT2D eigenvalue weighted by Crippen LogP contribution is 1.82. The van der Waals surface area contributed by atoms with Gasteiger partial charge < -0.3 is 15.6 Å². The fourth-order valence-corrected chi connectivity index (χ4v) is 0.362. The molecule has 0 aliphatic rings. The number of thiol groups is 1. The van der Waals surface area contributed by atoms with Crippen LogP contribution < -0.4 is 5.73 Å². The number of ether oxygens (including phenoxy) is 1. The Morgan fingerprint density at radius 3 is 2.75 bits per heavy atom. The first-order valence-corrected chi connectivity index (χ1v) is 2.99. The van der Waals surface area contributed by atoms with Crippen LogP contribution in [0.5, 0.6) is 0 Å². The van der Waals surface area contributed by atoms with Crippen LogP contribution in [0.15, 0.2) is 0 Å². The van der Waals surface area contributed by atoms with Gasteiger partial charge in [-0.2, -0.15) is 12.6 Å². The molecule has 0 radical (unpaired) electrons. The Bertz CT molecular complexity index is 53.3. The van der Waals surface area contributed by atoms with Gasteiger partial charge in [-0.25, -0.2) is 0 Å². The van der Waals surface area contributed by atoms with Crippen LogP contribution in [-0.4, -0.2) is 30.3 Å². The van der Waals surface area contributed by atoms with Crippen LogP contribution in [0.4, 0.5) is 0 Å². The Hall–Kier alpha value is 0.230. The minimum Gasteiger partial charge on any atom is -0.371 e. The highest BCUT2D eigenvalue weighted by molar-refractivity contribution is 7.80. The number of hydrogen-bond acceptors (Lipinski definition) is 4. The molecule has 1 atom stereocenters. The summed E-state index contributed by atoms with van der Waals surface area (Å²) in [7, 11) is 0. The third-order valence-electron chi connectivity index (χ3n) is 0.658. The van der Waals surface area contributed by atoms with Crippen LogP contribution in [0.3, 0.4) is 0 Å². The van der Waals surface area contributed by atoms with E-state index in [-0.39, 0.29) is 12.8 Å². The topological polar surface area (TPSA) is 55.5 Å². The van der Waals surface area contributed by atoms with E-state index in [1.165, 1.54) is 0 Å². The fourth-order valence-electron chi connectivity index (χ4n) is 0.257. The first kappa shape index (κ1) is 8.23. The molecular weight excluding hydrogens is 126 g/mol. The number of aliphatic hydroxyl groups excluding tert-OH is 1. The molecule has 0 amide bonds. The minimum atomic E-state index is -0.262. The summed E-state index contributed by atoms with van der Waals surface area (Å²) in [6.07, 6.45) is 0.